The highest BCUT2D eigenvalue weighted by atomic mass is 35.5. The molecule has 2 aromatic carbocycles. The summed E-state index contributed by atoms with van der Waals surface area (Å²) in [7, 11) is 5.29. The second-order valence-electron chi connectivity index (χ2n) is 6.00. The largest absolute Gasteiger partial charge is 0.495 e. The number of Topliss-reactive ketones (excluding diaryl/α,β-unsaturated/α-hetero) is 1. The van der Waals surface area contributed by atoms with E-state index in [1.807, 2.05) is 31.1 Å². The maximum absolute atomic E-state index is 12.2. The molecule has 0 bridgehead atoms. The van der Waals surface area contributed by atoms with Crippen LogP contribution in [0.2, 0.25) is 5.02 Å². The second kappa shape index (κ2) is 9.58. The van der Waals surface area contributed by atoms with Crippen LogP contribution in [-0.4, -0.2) is 39.6 Å². The van der Waals surface area contributed by atoms with Crippen LogP contribution in [0.3, 0.4) is 0 Å². The molecule has 0 saturated carbocycles. The molecule has 28 heavy (non-hydrogen) atoms. The number of halogens is 1. The molecule has 0 aliphatic rings. The highest BCUT2D eigenvalue weighted by molar-refractivity contribution is 6.32. The number of hydrogen-bond acceptors (Lipinski definition) is 6. The van der Waals surface area contributed by atoms with Gasteiger partial charge in [0.1, 0.15) is 17.4 Å². The molecule has 144 valence electrons. The van der Waals surface area contributed by atoms with Gasteiger partial charge in [-0.3, -0.25) is 4.79 Å². The van der Waals surface area contributed by atoms with E-state index < -0.39 is 18.4 Å². The molecule has 7 heteroatoms. The quantitative estimate of drug-likeness (QED) is 0.306. The Hall–Kier alpha value is -3.30. The van der Waals surface area contributed by atoms with E-state index in [-0.39, 0.29) is 16.2 Å². The van der Waals surface area contributed by atoms with Gasteiger partial charge in [-0.2, -0.15) is 5.26 Å². The van der Waals surface area contributed by atoms with Crippen molar-refractivity contribution in [3.8, 4) is 11.8 Å². The second-order valence-corrected chi connectivity index (χ2v) is 6.41. The van der Waals surface area contributed by atoms with E-state index >= 15 is 0 Å². The molecule has 0 aliphatic carbocycles. The van der Waals surface area contributed by atoms with Gasteiger partial charge >= 0.3 is 5.97 Å². The molecule has 0 amide bonds. The number of rotatable bonds is 7. The zero-order chi connectivity index (χ0) is 20.7. The van der Waals surface area contributed by atoms with Crippen LogP contribution in [0.15, 0.2) is 48.0 Å². The van der Waals surface area contributed by atoms with Gasteiger partial charge in [0.05, 0.1) is 12.1 Å². The zero-order valence-electron chi connectivity index (χ0n) is 15.7. The monoisotopic (exact) mass is 398 g/mol. The van der Waals surface area contributed by atoms with Crippen molar-refractivity contribution in [2.45, 2.75) is 0 Å². The van der Waals surface area contributed by atoms with Crippen LogP contribution in [-0.2, 0) is 9.53 Å². The molecular weight excluding hydrogens is 380 g/mol. The number of esters is 1. The van der Waals surface area contributed by atoms with E-state index in [0.717, 1.165) is 5.69 Å². The Morgan fingerprint density at radius 1 is 1.18 bits per heavy atom. The minimum atomic E-state index is -0.868. The van der Waals surface area contributed by atoms with E-state index in [9.17, 15) is 14.9 Å². The Kier molecular flexibility index (Phi) is 7.19. The van der Waals surface area contributed by atoms with Crippen molar-refractivity contribution in [2.75, 3.05) is 32.7 Å². The molecule has 2 rings (SSSR count). The predicted octanol–water partition coefficient (Wildman–Crippen LogP) is 3.75. The van der Waals surface area contributed by atoms with Gasteiger partial charge in [0.25, 0.3) is 0 Å². The average molecular weight is 399 g/mol. The van der Waals surface area contributed by atoms with E-state index in [2.05, 4.69) is 0 Å². The predicted molar refractivity (Wildman–Crippen MR) is 108 cm³/mol. The number of ether oxygens (including phenoxy) is 2. The molecule has 2 aromatic rings. The van der Waals surface area contributed by atoms with Crippen LogP contribution in [0.1, 0.15) is 15.9 Å². The molecule has 0 spiro atoms. The Morgan fingerprint density at radius 3 is 2.39 bits per heavy atom. The van der Waals surface area contributed by atoms with Gasteiger partial charge in [-0.15, -0.1) is 0 Å². The molecule has 0 atom stereocenters. The van der Waals surface area contributed by atoms with Crippen molar-refractivity contribution in [3.63, 3.8) is 0 Å². The van der Waals surface area contributed by atoms with Gasteiger partial charge in [0.2, 0.25) is 0 Å². The summed E-state index contributed by atoms with van der Waals surface area (Å²) in [5.74, 6) is -0.872. The fourth-order valence-corrected chi connectivity index (χ4v) is 2.56. The lowest BCUT2D eigenvalue weighted by Gasteiger charge is -2.11. The SMILES string of the molecule is COc1ccc(C(=O)COC(=O)/C(C#N)=C/c2ccc(N(C)C)cc2)cc1Cl. The summed E-state index contributed by atoms with van der Waals surface area (Å²) >= 11 is 5.99. The van der Waals surface area contributed by atoms with Crippen LogP contribution < -0.4 is 9.64 Å². The van der Waals surface area contributed by atoms with Crippen molar-refractivity contribution >= 4 is 35.1 Å². The molecule has 0 aliphatic heterocycles. The smallest absolute Gasteiger partial charge is 0.349 e. The molecule has 0 unspecified atom stereocenters. The van der Waals surface area contributed by atoms with Gasteiger partial charge < -0.3 is 14.4 Å². The van der Waals surface area contributed by atoms with E-state index in [1.54, 1.807) is 24.3 Å². The molecule has 0 heterocycles. The van der Waals surface area contributed by atoms with Gasteiger partial charge in [-0.05, 0) is 42.0 Å². The number of ketones is 1. The molecular formula is C21H19ClN2O4. The molecule has 0 aromatic heterocycles. The van der Waals surface area contributed by atoms with Crippen LogP contribution in [0, 0.1) is 11.3 Å². The number of carbonyl (C=O) groups excluding carboxylic acids is 2. The van der Waals surface area contributed by atoms with Crippen LogP contribution in [0.4, 0.5) is 5.69 Å². The van der Waals surface area contributed by atoms with Crippen LogP contribution in [0.5, 0.6) is 5.75 Å². The van der Waals surface area contributed by atoms with Crippen molar-refractivity contribution < 1.29 is 19.1 Å². The molecule has 0 saturated heterocycles. The highest BCUT2D eigenvalue weighted by Gasteiger charge is 2.15. The number of anilines is 1. The normalized spacial score (nSPS) is 10.8. The first-order chi connectivity index (χ1) is 13.3. The van der Waals surface area contributed by atoms with Crippen molar-refractivity contribution in [1.29, 1.82) is 5.26 Å². The van der Waals surface area contributed by atoms with Crippen molar-refractivity contribution in [1.82, 2.24) is 0 Å². The first-order valence-corrected chi connectivity index (χ1v) is 8.66. The van der Waals surface area contributed by atoms with Crippen molar-refractivity contribution in [2.24, 2.45) is 0 Å². The number of nitriles is 1. The van der Waals surface area contributed by atoms with E-state index in [0.29, 0.717) is 11.3 Å². The lowest BCUT2D eigenvalue weighted by molar-refractivity contribution is -0.137. The van der Waals surface area contributed by atoms with Crippen LogP contribution >= 0.6 is 11.6 Å². The van der Waals surface area contributed by atoms with Gasteiger partial charge in [0.15, 0.2) is 12.4 Å². The minimum Gasteiger partial charge on any atom is -0.495 e. The van der Waals surface area contributed by atoms with Crippen molar-refractivity contribution in [3.05, 3.63) is 64.2 Å². The number of nitrogens with zero attached hydrogens (tertiary/aromatic N) is 2. The number of carbonyl (C=O) groups is 2. The third-order valence-electron chi connectivity index (χ3n) is 3.87. The third-order valence-corrected chi connectivity index (χ3v) is 4.16. The molecule has 6 nitrogen and oxygen atoms in total. The van der Waals surface area contributed by atoms with Gasteiger partial charge in [-0.1, -0.05) is 23.7 Å². The maximum atomic E-state index is 12.2. The van der Waals surface area contributed by atoms with Gasteiger partial charge in [0, 0.05) is 25.3 Å². The summed E-state index contributed by atoms with van der Waals surface area (Å²) in [6.45, 7) is -0.500. The summed E-state index contributed by atoms with van der Waals surface area (Å²) < 4.78 is 10.0. The maximum Gasteiger partial charge on any atom is 0.349 e. The summed E-state index contributed by atoms with van der Waals surface area (Å²) in [4.78, 5) is 26.3. The Balaban J connectivity index is 2.04. The first-order valence-electron chi connectivity index (χ1n) is 8.28. The topological polar surface area (TPSA) is 79.6 Å². The number of methoxy groups -OCH3 is 1. The Bertz CT molecular complexity index is 944. The van der Waals surface area contributed by atoms with Gasteiger partial charge in [-0.25, -0.2) is 4.79 Å². The average Bonchev–Trinajstić information content (AvgIpc) is 2.70. The molecule has 0 radical (unpaired) electrons. The summed E-state index contributed by atoms with van der Waals surface area (Å²) in [6.07, 6.45) is 1.41. The summed E-state index contributed by atoms with van der Waals surface area (Å²) in [6, 6.07) is 13.6. The Morgan fingerprint density at radius 2 is 1.86 bits per heavy atom. The third kappa shape index (κ3) is 5.35. The minimum absolute atomic E-state index is 0.196. The fraction of sp³-hybridized carbons (Fsp3) is 0.190. The number of benzene rings is 2. The summed E-state index contributed by atoms with van der Waals surface area (Å²) in [5, 5.41) is 9.51. The first kappa shape index (κ1) is 21.0. The molecule has 0 fully saturated rings. The Labute approximate surface area is 168 Å². The fourth-order valence-electron chi connectivity index (χ4n) is 2.30. The lowest BCUT2D eigenvalue weighted by atomic mass is 10.1. The lowest BCUT2D eigenvalue weighted by Crippen LogP contribution is -2.15. The van der Waals surface area contributed by atoms with E-state index in [4.69, 9.17) is 21.1 Å². The van der Waals surface area contributed by atoms with Crippen LogP contribution in [0.25, 0.3) is 6.08 Å². The number of hydrogen-bond donors (Lipinski definition) is 0. The zero-order valence-corrected chi connectivity index (χ0v) is 16.5. The van der Waals surface area contributed by atoms with E-state index in [1.165, 1.54) is 25.3 Å². The highest BCUT2D eigenvalue weighted by Crippen LogP contribution is 2.25. The molecule has 0 N–H and O–H groups in total. The summed E-state index contributed by atoms with van der Waals surface area (Å²) in [5.41, 5.74) is 1.74. The standard InChI is InChI=1S/C21H19ClN2O4/c1-24(2)17-7-4-14(5-8-17)10-16(12-23)21(26)28-13-19(25)15-6-9-20(27-3)18(22)11-15/h4-11H,13H2,1-3H3/b16-10+.